The molecule has 0 saturated heterocycles. The lowest BCUT2D eigenvalue weighted by Crippen LogP contribution is -2.36. The summed E-state index contributed by atoms with van der Waals surface area (Å²) in [6.07, 6.45) is -4.45. The van der Waals surface area contributed by atoms with Gasteiger partial charge >= 0.3 is 12.2 Å². The Morgan fingerprint density at radius 3 is 2.28 bits per heavy atom. The van der Waals surface area contributed by atoms with Crippen LogP contribution in [0.25, 0.3) is 0 Å². The van der Waals surface area contributed by atoms with Gasteiger partial charge in [0.25, 0.3) is 0 Å². The third-order valence-corrected chi connectivity index (χ3v) is 1.90. The summed E-state index contributed by atoms with van der Waals surface area (Å²) in [5.41, 5.74) is 5.98. The molecule has 0 aliphatic carbocycles. The standard InChI is InChI=1S/C10H11F3N4O/c11-10(12,13)5-16-9(18)17-7-3-1-6(2-4-7)8(14)15/h1-4H,5H2,(H3,14,15)(H2,16,17,18). The van der Waals surface area contributed by atoms with E-state index in [2.05, 4.69) is 5.32 Å². The predicted molar refractivity (Wildman–Crippen MR) is 60.5 cm³/mol. The fourth-order valence-corrected chi connectivity index (χ4v) is 1.09. The molecule has 18 heavy (non-hydrogen) atoms. The molecule has 98 valence electrons. The van der Waals surface area contributed by atoms with Gasteiger partial charge in [-0.25, -0.2) is 4.79 Å². The normalized spacial score (nSPS) is 10.8. The van der Waals surface area contributed by atoms with Crippen LogP contribution in [0.3, 0.4) is 0 Å². The summed E-state index contributed by atoms with van der Waals surface area (Å²) in [5.74, 6) is -0.136. The number of hydrogen-bond acceptors (Lipinski definition) is 2. The smallest absolute Gasteiger partial charge is 0.384 e. The van der Waals surface area contributed by atoms with Crippen molar-refractivity contribution in [3.63, 3.8) is 0 Å². The third-order valence-electron chi connectivity index (χ3n) is 1.90. The maximum absolute atomic E-state index is 11.8. The highest BCUT2D eigenvalue weighted by Crippen LogP contribution is 2.13. The Bertz CT molecular complexity index is 441. The molecule has 0 radical (unpaired) electrons. The van der Waals surface area contributed by atoms with Crippen molar-refractivity contribution >= 4 is 17.6 Å². The quantitative estimate of drug-likeness (QED) is 0.491. The maximum Gasteiger partial charge on any atom is 0.405 e. The first-order chi connectivity index (χ1) is 8.28. The van der Waals surface area contributed by atoms with Gasteiger partial charge in [0, 0.05) is 11.3 Å². The number of carbonyl (C=O) groups excluding carboxylic acids is 1. The lowest BCUT2D eigenvalue weighted by molar-refractivity contribution is -0.122. The van der Waals surface area contributed by atoms with Gasteiger partial charge in [-0.1, -0.05) is 0 Å². The second kappa shape index (κ2) is 5.39. The Labute approximate surface area is 101 Å². The first-order valence-electron chi connectivity index (χ1n) is 4.84. The van der Waals surface area contributed by atoms with Crippen molar-refractivity contribution in [2.45, 2.75) is 6.18 Å². The van der Waals surface area contributed by atoms with Crippen molar-refractivity contribution in [3.05, 3.63) is 29.8 Å². The van der Waals surface area contributed by atoms with Crippen LogP contribution in [0.1, 0.15) is 5.56 Å². The molecule has 1 aromatic carbocycles. The first kappa shape index (κ1) is 13.8. The number of rotatable bonds is 3. The molecule has 0 unspecified atom stereocenters. The Hall–Kier alpha value is -2.25. The number of amidine groups is 1. The van der Waals surface area contributed by atoms with E-state index in [4.69, 9.17) is 11.1 Å². The highest BCUT2D eigenvalue weighted by molar-refractivity contribution is 5.96. The summed E-state index contributed by atoms with van der Waals surface area (Å²) in [4.78, 5) is 11.1. The Balaban J connectivity index is 2.52. The van der Waals surface area contributed by atoms with Gasteiger partial charge in [-0.15, -0.1) is 0 Å². The van der Waals surface area contributed by atoms with E-state index in [1.165, 1.54) is 24.3 Å². The number of urea groups is 1. The van der Waals surface area contributed by atoms with Gasteiger partial charge in [-0.3, -0.25) is 5.41 Å². The Morgan fingerprint density at radius 2 is 1.83 bits per heavy atom. The summed E-state index contributed by atoms with van der Waals surface area (Å²) in [6, 6.07) is 4.86. The molecule has 0 heterocycles. The highest BCUT2D eigenvalue weighted by atomic mass is 19.4. The van der Waals surface area contributed by atoms with Crippen LogP contribution in [0, 0.1) is 5.41 Å². The molecule has 0 aliphatic heterocycles. The van der Waals surface area contributed by atoms with Crippen molar-refractivity contribution in [3.8, 4) is 0 Å². The molecule has 1 rings (SSSR count). The average molecular weight is 260 g/mol. The molecular formula is C10H11F3N4O. The topological polar surface area (TPSA) is 91.0 Å². The molecule has 5 nitrogen and oxygen atoms in total. The molecular weight excluding hydrogens is 249 g/mol. The summed E-state index contributed by atoms with van der Waals surface area (Å²) < 4.78 is 35.4. The Kier molecular flexibility index (Phi) is 4.13. The third kappa shape index (κ3) is 4.73. The summed E-state index contributed by atoms with van der Waals surface area (Å²) in [7, 11) is 0. The molecule has 1 aromatic rings. The molecule has 2 amide bonds. The second-order valence-electron chi connectivity index (χ2n) is 3.41. The van der Waals surface area contributed by atoms with E-state index < -0.39 is 18.8 Å². The van der Waals surface area contributed by atoms with Crippen LogP contribution >= 0.6 is 0 Å². The van der Waals surface area contributed by atoms with Crippen LogP contribution in [0.4, 0.5) is 23.7 Å². The number of anilines is 1. The number of halogens is 3. The van der Waals surface area contributed by atoms with E-state index in [1.54, 1.807) is 5.32 Å². The molecule has 0 aromatic heterocycles. The van der Waals surface area contributed by atoms with Gasteiger partial charge in [0.15, 0.2) is 0 Å². The number of nitrogens with one attached hydrogen (secondary N) is 3. The monoisotopic (exact) mass is 260 g/mol. The van der Waals surface area contributed by atoms with E-state index in [1.807, 2.05) is 0 Å². The summed E-state index contributed by atoms with van der Waals surface area (Å²) >= 11 is 0. The zero-order chi connectivity index (χ0) is 13.8. The zero-order valence-electron chi connectivity index (χ0n) is 9.14. The first-order valence-corrected chi connectivity index (χ1v) is 4.84. The van der Waals surface area contributed by atoms with Crippen LogP contribution in [0.15, 0.2) is 24.3 Å². The summed E-state index contributed by atoms with van der Waals surface area (Å²) in [5, 5.41) is 11.0. The second-order valence-corrected chi connectivity index (χ2v) is 3.41. The van der Waals surface area contributed by atoms with Gasteiger partial charge in [0.2, 0.25) is 0 Å². The van der Waals surface area contributed by atoms with Gasteiger partial charge in [0.1, 0.15) is 12.4 Å². The minimum atomic E-state index is -4.45. The number of alkyl halides is 3. The number of nitrogen functional groups attached to an aromatic ring is 1. The molecule has 0 fully saturated rings. The molecule has 0 saturated carbocycles. The maximum atomic E-state index is 11.8. The molecule has 8 heteroatoms. The van der Waals surface area contributed by atoms with Crippen LogP contribution in [0.5, 0.6) is 0 Å². The minimum absolute atomic E-state index is 0.136. The molecule has 0 atom stereocenters. The number of nitrogens with two attached hydrogens (primary N) is 1. The predicted octanol–water partition coefficient (Wildman–Crippen LogP) is 1.65. The van der Waals surface area contributed by atoms with Crippen LogP contribution in [-0.2, 0) is 0 Å². The minimum Gasteiger partial charge on any atom is -0.384 e. The van der Waals surface area contributed by atoms with Gasteiger partial charge in [0.05, 0.1) is 0 Å². The van der Waals surface area contributed by atoms with E-state index in [0.29, 0.717) is 11.3 Å². The van der Waals surface area contributed by atoms with Crippen LogP contribution in [0.2, 0.25) is 0 Å². The fourth-order valence-electron chi connectivity index (χ4n) is 1.09. The van der Waals surface area contributed by atoms with E-state index in [9.17, 15) is 18.0 Å². The lowest BCUT2D eigenvalue weighted by atomic mass is 10.2. The number of carbonyl (C=O) groups is 1. The van der Waals surface area contributed by atoms with Gasteiger partial charge < -0.3 is 16.4 Å². The molecule has 0 bridgehead atoms. The van der Waals surface area contributed by atoms with Crippen molar-refractivity contribution in [2.24, 2.45) is 5.73 Å². The van der Waals surface area contributed by atoms with Crippen LogP contribution < -0.4 is 16.4 Å². The fraction of sp³-hybridized carbons (Fsp3) is 0.200. The number of benzene rings is 1. The molecule has 0 aliphatic rings. The van der Waals surface area contributed by atoms with E-state index >= 15 is 0 Å². The van der Waals surface area contributed by atoms with Crippen molar-refractivity contribution in [2.75, 3.05) is 11.9 Å². The summed E-state index contributed by atoms with van der Waals surface area (Å²) in [6.45, 7) is -1.40. The van der Waals surface area contributed by atoms with Crippen LogP contribution in [-0.4, -0.2) is 24.6 Å². The van der Waals surface area contributed by atoms with Crippen molar-refractivity contribution in [1.29, 1.82) is 5.41 Å². The SMILES string of the molecule is N=C(N)c1ccc(NC(=O)NCC(F)(F)F)cc1. The van der Waals surface area contributed by atoms with E-state index in [0.717, 1.165) is 0 Å². The number of amides is 2. The Morgan fingerprint density at radius 1 is 1.28 bits per heavy atom. The highest BCUT2D eigenvalue weighted by Gasteiger charge is 2.27. The largest absolute Gasteiger partial charge is 0.405 e. The molecule has 5 N–H and O–H groups in total. The molecule has 0 spiro atoms. The zero-order valence-corrected chi connectivity index (χ0v) is 9.14. The average Bonchev–Trinajstić information content (AvgIpc) is 2.26. The van der Waals surface area contributed by atoms with Gasteiger partial charge in [-0.05, 0) is 24.3 Å². The van der Waals surface area contributed by atoms with E-state index in [-0.39, 0.29) is 5.84 Å². The lowest BCUT2D eigenvalue weighted by Gasteiger charge is -2.10. The van der Waals surface area contributed by atoms with Crippen molar-refractivity contribution in [1.82, 2.24) is 5.32 Å². The van der Waals surface area contributed by atoms with Crippen molar-refractivity contribution < 1.29 is 18.0 Å². The van der Waals surface area contributed by atoms with Gasteiger partial charge in [-0.2, -0.15) is 13.2 Å². The number of hydrogen-bond donors (Lipinski definition) is 4.